The molecule has 0 aliphatic heterocycles. The number of esters is 1. The number of hydrogen-bond donors (Lipinski definition) is 0. The van der Waals surface area contributed by atoms with Gasteiger partial charge in [-0.25, -0.2) is 4.79 Å². The van der Waals surface area contributed by atoms with Crippen molar-refractivity contribution in [2.24, 2.45) is 5.92 Å². The first-order valence-corrected chi connectivity index (χ1v) is 7.49. The monoisotopic (exact) mass is 254 g/mol. The van der Waals surface area contributed by atoms with Crippen LogP contribution in [0.2, 0.25) is 0 Å². The maximum Gasteiger partial charge on any atom is 0.330 e. The van der Waals surface area contributed by atoms with Crippen LogP contribution in [-0.4, -0.2) is 12.6 Å². The highest BCUT2D eigenvalue weighted by Crippen LogP contribution is 2.14. The Balaban J connectivity index is 3.07. The molecule has 0 radical (unpaired) electrons. The Kier molecular flexibility index (Phi) is 12.1. The predicted octanol–water partition coefficient (Wildman–Crippen LogP) is 4.88. The van der Waals surface area contributed by atoms with Crippen LogP contribution in [0.15, 0.2) is 12.7 Å². The Bertz CT molecular complexity index is 211. The first-order chi connectivity index (χ1) is 8.70. The van der Waals surface area contributed by atoms with E-state index in [9.17, 15) is 4.79 Å². The minimum absolute atomic E-state index is 0.306. The van der Waals surface area contributed by atoms with Crippen molar-refractivity contribution in [2.45, 2.75) is 71.6 Å². The normalized spacial score (nSPS) is 12.1. The van der Waals surface area contributed by atoms with Crippen LogP contribution < -0.4 is 0 Å². The van der Waals surface area contributed by atoms with Gasteiger partial charge >= 0.3 is 5.97 Å². The average Bonchev–Trinajstić information content (AvgIpc) is 2.40. The number of ether oxygens (including phenoxy) is 1. The summed E-state index contributed by atoms with van der Waals surface area (Å²) in [7, 11) is 0. The molecule has 0 amide bonds. The summed E-state index contributed by atoms with van der Waals surface area (Å²) in [6.45, 7) is 8.51. The van der Waals surface area contributed by atoms with Crippen LogP contribution in [0, 0.1) is 5.92 Å². The predicted molar refractivity (Wildman–Crippen MR) is 77.5 cm³/mol. The van der Waals surface area contributed by atoms with Crippen LogP contribution in [0.4, 0.5) is 0 Å². The Labute approximate surface area is 113 Å². The number of unbranched alkanes of at least 4 members (excludes halogenated alkanes) is 6. The molecule has 0 spiro atoms. The third kappa shape index (κ3) is 11.7. The zero-order valence-corrected chi connectivity index (χ0v) is 12.2. The van der Waals surface area contributed by atoms with E-state index in [1.54, 1.807) is 0 Å². The molecule has 0 aromatic carbocycles. The van der Waals surface area contributed by atoms with E-state index in [4.69, 9.17) is 4.74 Å². The topological polar surface area (TPSA) is 26.3 Å². The second-order valence-corrected chi connectivity index (χ2v) is 5.15. The second kappa shape index (κ2) is 12.7. The molecule has 2 nitrogen and oxygen atoms in total. The van der Waals surface area contributed by atoms with E-state index in [1.807, 2.05) is 0 Å². The molecule has 0 saturated heterocycles. The highest BCUT2D eigenvalue weighted by atomic mass is 16.5. The molecule has 0 aliphatic rings. The fourth-order valence-corrected chi connectivity index (χ4v) is 1.91. The van der Waals surface area contributed by atoms with Gasteiger partial charge in [-0.05, 0) is 12.3 Å². The molecule has 0 rings (SSSR count). The third-order valence-corrected chi connectivity index (χ3v) is 3.45. The summed E-state index contributed by atoms with van der Waals surface area (Å²) >= 11 is 0. The van der Waals surface area contributed by atoms with Gasteiger partial charge in [-0.1, -0.05) is 71.8 Å². The quantitative estimate of drug-likeness (QED) is 0.282. The van der Waals surface area contributed by atoms with Crippen molar-refractivity contribution < 1.29 is 9.53 Å². The van der Waals surface area contributed by atoms with E-state index in [-0.39, 0.29) is 5.97 Å². The van der Waals surface area contributed by atoms with Crippen molar-refractivity contribution in [3.8, 4) is 0 Å². The van der Waals surface area contributed by atoms with Crippen LogP contribution >= 0.6 is 0 Å². The maximum atomic E-state index is 10.8. The van der Waals surface area contributed by atoms with Gasteiger partial charge in [0.25, 0.3) is 0 Å². The number of carbonyl (C=O) groups is 1. The van der Waals surface area contributed by atoms with E-state index in [2.05, 4.69) is 20.4 Å². The van der Waals surface area contributed by atoms with Crippen molar-refractivity contribution in [3.05, 3.63) is 12.7 Å². The van der Waals surface area contributed by atoms with Crippen LogP contribution in [0.25, 0.3) is 0 Å². The van der Waals surface area contributed by atoms with Gasteiger partial charge in [-0.3, -0.25) is 0 Å². The van der Waals surface area contributed by atoms with E-state index in [0.29, 0.717) is 6.61 Å². The second-order valence-electron chi connectivity index (χ2n) is 5.15. The molecule has 1 unspecified atom stereocenters. The molecule has 0 aromatic rings. The Morgan fingerprint density at radius 1 is 1.11 bits per heavy atom. The summed E-state index contributed by atoms with van der Waals surface area (Å²) in [6, 6.07) is 0. The molecule has 0 N–H and O–H groups in total. The SMILES string of the molecule is C=CC(=O)OCCCCCCCCCC(C)CC. The van der Waals surface area contributed by atoms with Crippen LogP contribution in [0.3, 0.4) is 0 Å². The first kappa shape index (κ1) is 17.2. The Hall–Kier alpha value is -0.790. The van der Waals surface area contributed by atoms with Gasteiger partial charge in [-0.2, -0.15) is 0 Å². The van der Waals surface area contributed by atoms with Crippen molar-refractivity contribution in [3.63, 3.8) is 0 Å². The van der Waals surface area contributed by atoms with Crippen LogP contribution in [0.5, 0.6) is 0 Å². The lowest BCUT2D eigenvalue weighted by molar-refractivity contribution is -0.137. The molecule has 18 heavy (non-hydrogen) atoms. The minimum atomic E-state index is -0.306. The van der Waals surface area contributed by atoms with E-state index >= 15 is 0 Å². The van der Waals surface area contributed by atoms with Crippen molar-refractivity contribution in [1.82, 2.24) is 0 Å². The van der Waals surface area contributed by atoms with Gasteiger partial charge in [-0.15, -0.1) is 0 Å². The number of carbonyl (C=O) groups excluding carboxylic acids is 1. The van der Waals surface area contributed by atoms with Gasteiger partial charge in [0.2, 0.25) is 0 Å². The zero-order chi connectivity index (χ0) is 13.6. The molecule has 1 atom stereocenters. The summed E-state index contributed by atoms with van der Waals surface area (Å²) in [5, 5.41) is 0. The molecule has 0 aliphatic carbocycles. The molecule has 0 bridgehead atoms. The lowest BCUT2D eigenvalue weighted by Gasteiger charge is -2.07. The molecular weight excluding hydrogens is 224 g/mol. The van der Waals surface area contributed by atoms with Crippen LogP contribution in [-0.2, 0) is 9.53 Å². The van der Waals surface area contributed by atoms with Gasteiger partial charge in [0.05, 0.1) is 6.61 Å². The van der Waals surface area contributed by atoms with Gasteiger partial charge < -0.3 is 4.74 Å². The smallest absolute Gasteiger partial charge is 0.330 e. The summed E-state index contributed by atoms with van der Waals surface area (Å²) in [5.74, 6) is 0.588. The molecule has 2 heteroatoms. The van der Waals surface area contributed by atoms with Crippen molar-refractivity contribution >= 4 is 5.97 Å². The fourth-order valence-electron chi connectivity index (χ4n) is 1.91. The molecular formula is C16H30O2. The van der Waals surface area contributed by atoms with Gasteiger partial charge in [0, 0.05) is 6.08 Å². The molecule has 0 aromatic heterocycles. The Morgan fingerprint density at radius 2 is 1.67 bits per heavy atom. The molecule has 106 valence electrons. The lowest BCUT2D eigenvalue weighted by atomic mass is 10.00. The summed E-state index contributed by atoms with van der Waals surface area (Å²) < 4.78 is 4.92. The third-order valence-electron chi connectivity index (χ3n) is 3.45. The lowest BCUT2D eigenvalue weighted by Crippen LogP contribution is -2.01. The highest BCUT2D eigenvalue weighted by Gasteiger charge is 1.98. The molecule has 0 fully saturated rings. The van der Waals surface area contributed by atoms with Gasteiger partial charge in [0.15, 0.2) is 0 Å². The van der Waals surface area contributed by atoms with Gasteiger partial charge in [0.1, 0.15) is 0 Å². The largest absolute Gasteiger partial charge is 0.463 e. The van der Waals surface area contributed by atoms with Crippen molar-refractivity contribution in [2.75, 3.05) is 6.61 Å². The van der Waals surface area contributed by atoms with Crippen molar-refractivity contribution in [1.29, 1.82) is 0 Å². The first-order valence-electron chi connectivity index (χ1n) is 7.49. The van der Waals surface area contributed by atoms with E-state index in [0.717, 1.165) is 18.8 Å². The zero-order valence-electron chi connectivity index (χ0n) is 12.2. The number of rotatable bonds is 12. The molecule has 0 saturated carbocycles. The van der Waals surface area contributed by atoms with E-state index < -0.39 is 0 Å². The molecule has 0 heterocycles. The highest BCUT2D eigenvalue weighted by molar-refractivity contribution is 5.81. The number of hydrogen-bond acceptors (Lipinski definition) is 2. The standard InChI is InChI=1S/C16H30O2/c1-4-15(3)13-11-9-7-6-8-10-12-14-18-16(17)5-2/h5,15H,2,4,6-14H2,1,3H3. The summed E-state index contributed by atoms with van der Waals surface area (Å²) in [4.78, 5) is 10.8. The maximum absolute atomic E-state index is 10.8. The Morgan fingerprint density at radius 3 is 2.22 bits per heavy atom. The van der Waals surface area contributed by atoms with Crippen LogP contribution in [0.1, 0.15) is 71.6 Å². The minimum Gasteiger partial charge on any atom is -0.463 e. The van der Waals surface area contributed by atoms with E-state index in [1.165, 1.54) is 51.0 Å². The fraction of sp³-hybridized carbons (Fsp3) is 0.812. The average molecular weight is 254 g/mol. The summed E-state index contributed by atoms with van der Waals surface area (Å²) in [6.07, 6.45) is 12.7. The summed E-state index contributed by atoms with van der Waals surface area (Å²) in [5.41, 5.74) is 0.